The second kappa shape index (κ2) is 22.4. The predicted octanol–water partition coefficient (Wildman–Crippen LogP) is 10.8. The molecule has 0 saturated heterocycles. The third-order valence-corrected chi connectivity index (χ3v) is 8.56. The standard InChI is InChI=1S/C34H34N4.2C7H7.Ti/c1-25-17-21-27(22-18-25)33(35-29-11-5-3-6-12-29)37-31-15-9-10-16-32(31)38-34(28-23-19-26(2)20-24-28)36-30-13-7-4-8-14-30;2*1-7-5-3-2-4-6-7;/h3-8,11-14,17-24,31-32H,9-10,15-16H2,1-2H3;2*2-6H,1H2;/q;2*-1;+4/t31-,32-;;;/m1.../s1. The molecule has 6 radical (unpaired) electrons. The van der Waals surface area contributed by atoms with Gasteiger partial charge >= 0.3 is 21.7 Å². The number of hydrogen-bond acceptors (Lipinski definition) is 0. The fourth-order valence-corrected chi connectivity index (χ4v) is 5.65. The van der Waals surface area contributed by atoms with E-state index in [4.69, 9.17) is 21.3 Å². The van der Waals surface area contributed by atoms with Crippen molar-refractivity contribution in [1.29, 1.82) is 0 Å². The Hall–Kier alpha value is -4.71. The van der Waals surface area contributed by atoms with E-state index in [1.54, 1.807) is 0 Å². The number of rotatable bonds is 10. The first-order valence-electron chi connectivity index (χ1n) is 18.0. The van der Waals surface area contributed by atoms with Gasteiger partial charge in [0.25, 0.3) is 0 Å². The summed E-state index contributed by atoms with van der Waals surface area (Å²) in [5.41, 5.74) is 8.45. The summed E-state index contributed by atoms with van der Waals surface area (Å²) in [6.07, 6.45) is 5.78. The molecule has 0 unspecified atom stereocenters. The third-order valence-electron chi connectivity index (χ3n) is 8.56. The minimum atomic E-state index is 0. The minimum absolute atomic E-state index is 0. The van der Waals surface area contributed by atoms with Gasteiger partial charge in [-0.1, -0.05) is 121 Å². The summed E-state index contributed by atoms with van der Waals surface area (Å²) >= 11 is 0. The van der Waals surface area contributed by atoms with Crippen LogP contribution in [0.5, 0.6) is 0 Å². The second-order valence-electron chi connectivity index (χ2n) is 12.9. The molecule has 7 rings (SSSR count). The molecule has 0 aliphatic heterocycles. The molecule has 1 fully saturated rings. The van der Waals surface area contributed by atoms with Crippen molar-refractivity contribution in [1.82, 2.24) is 21.3 Å². The zero-order valence-corrected chi connectivity index (χ0v) is 32.4. The molecule has 1 aliphatic carbocycles. The van der Waals surface area contributed by atoms with Gasteiger partial charge in [-0.3, -0.25) is 10.6 Å². The molecule has 1 aliphatic rings. The topological polar surface area (TPSA) is 56.4 Å². The Balaban J connectivity index is 0.000000348. The van der Waals surface area contributed by atoms with Crippen LogP contribution in [0.2, 0.25) is 0 Å². The normalized spacial score (nSPS) is 14.8. The Morgan fingerprint density at radius 2 is 0.736 bits per heavy atom. The van der Waals surface area contributed by atoms with Crippen molar-refractivity contribution in [3.63, 3.8) is 0 Å². The van der Waals surface area contributed by atoms with Crippen molar-refractivity contribution >= 4 is 11.4 Å². The number of hydrogen-bond donors (Lipinski definition) is 0. The summed E-state index contributed by atoms with van der Waals surface area (Å²) in [7, 11) is 0. The van der Waals surface area contributed by atoms with Crippen LogP contribution in [0.25, 0.3) is 0 Å². The van der Waals surface area contributed by atoms with Gasteiger partial charge in [0.1, 0.15) is 0 Å². The van der Waals surface area contributed by atoms with Crippen LogP contribution in [-0.2, 0) is 21.7 Å². The van der Waals surface area contributed by atoms with E-state index >= 15 is 0 Å². The van der Waals surface area contributed by atoms with E-state index in [1.165, 1.54) is 11.1 Å². The molecule has 4 nitrogen and oxygen atoms in total. The van der Waals surface area contributed by atoms with E-state index in [9.17, 15) is 0 Å². The number of para-hydroxylation sites is 2. The second-order valence-corrected chi connectivity index (χ2v) is 12.9. The number of benzene rings is 6. The van der Waals surface area contributed by atoms with Gasteiger partial charge in [-0.25, -0.2) is 0 Å². The molecule has 5 heteroatoms. The summed E-state index contributed by atoms with van der Waals surface area (Å²) in [5.74, 6) is 0. The van der Waals surface area contributed by atoms with Gasteiger partial charge in [-0.05, 0) is 62.1 Å². The van der Waals surface area contributed by atoms with Crippen molar-refractivity contribution < 1.29 is 21.7 Å². The van der Waals surface area contributed by atoms with Gasteiger partial charge in [0.2, 0.25) is 0 Å². The molecule has 0 N–H and O–H groups in total. The summed E-state index contributed by atoms with van der Waals surface area (Å²) in [4.78, 5) is 0. The first-order valence-corrected chi connectivity index (χ1v) is 18.0. The van der Waals surface area contributed by atoms with Gasteiger partial charge in [-0.2, -0.15) is 59.9 Å². The van der Waals surface area contributed by atoms with Crippen LogP contribution < -0.4 is 21.3 Å². The zero-order valence-electron chi connectivity index (χ0n) is 30.9. The van der Waals surface area contributed by atoms with E-state index in [2.05, 4.69) is 76.2 Å². The summed E-state index contributed by atoms with van der Waals surface area (Å²) in [6.45, 7) is 11.6. The van der Waals surface area contributed by atoms with E-state index in [-0.39, 0.29) is 33.8 Å². The van der Waals surface area contributed by atoms with Crippen molar-refractivity contribution in [2.24, 2.45) is 0 Å². The Morgan fingerprint density at radius 3 is 1.02 bits per heavy atom. The fourth-order valence-electron chi connectivity index (χ4n) is 5.65. The van der Waals surface area contributed by atoms with Crippen molar-refractivity contribution in [2.45, 2.75) is 51.6 Å². The fraction of sp³-hybridized carbons (Fsp3) is 0.167. The maximum atomic E-state index is 5.28. The minimum Gasteiger partial charge on any atom is -0.252 e. The molecule has 0 spiro atoms. The average Bonchev–Trinajstić information content (AvgIpc) is 3.18. The van der Waals surface area contributed by atoms with Crippen molar-refractivity contribution in [3.8, 4) is 0 Å². The van der Waals surface area contributed by atoms with Gasteiger partial charge < -0.3 is 0 Å². The molecule has 0 amide bonds. The monoisotopic (exact) mass is 728 g/mol. The molecular formula is C48H48N4Ti+2. The zero-order chi connectivity index (χ0) is 36.4. The van der Waals surface area contributed by atoms with Crippen LogP contribution in [0, 0.1) is 40.0 Å². The Bertz CT molecular complexity index is 1680. The molecular weight excluding hydrogens is 680 g/mol. The molecule has 2 atom stereocenters. The summed E-state index contributed by atoms with van der Waals surface area (Å²) < 4.78 is 0. The van der Waals surface area contributed by atoms with Crippen LogP contribution in [-0.4, -0.2) is 12.1 Å². The quantitative estimate of drug-likeness (QED) is 0.0996. The number of nitrogens with zero attached hydrogens (tertiary/aromatic N) is 4. The smallest absolute Gasteiger partial charge is 0.252 e. The van der Waals surface area contributed by atoms with Crippen molar-refractivity contribution in [2.75, 3.05) is 0 Å². The molecule has 262 valence electrons. The maximum Gasteiger partial charge on any atom is 4.00 e. The maximum absolute atomic E-state index is 5.28. The molecule has 6 aromatic rings. The third kappa shape index (κ3) is 14.3. The van der Waals surface area contributed by atoms with Gasteiger partial charge in [0.15, 0.2) is 12.3 Å². The summed E-state index contributed by atoms with van der Waals surface area (Å²) in [6, 6.07) is 56.9. The first-order chi connectivity index (χ1) is 25.4. The van der Waals surface area contributed by atoms with Crippen LogP contribution >= 0.6 is 0 Å². The predicted molar refractivity (Wildman–Crippen MR) is 216 cm³/mol. The Labute approximate surface area is 333 Å². The van der Waals surface area contributed by atoms with Crippen LogP contribution in [0.4, 0.5) is 11.4 Å². The molecule has 6 aromatic carbocycles. The van der Waals surface area contributed by atoms with E-state index in [0.717, 1.165) is 71.6 Å². The molecule has 1 saturated carbocycles. The van der Waals surface area contributed by atoms with Crippen molar-refractivity contribution in [3.05, 3.63) is 229 Å². The molecule has 0 heterocycles. The summed E-state index contributed by atoms with van der Waals surface area (Å²) in [5, 5.41) is 20.5. The first kappa shape index (κ1) is 41.1. The van der Waals surface area contributed by atoms with Gasteiger partial charge in [-0.15, -0.1) is 24.3 Å². The Morgan fingerprint density at radius 1 is 0.434 bits per heavy atom. The Kier molecular flexibility index (Phi) is 17.3. The van der Waals surface area contributed by atoms with Crippen LogP contribution in [0.3, 0.4) is 0 Å². The van der Waals surface area contributed by atoms with E-state index in [0.29, 0.717) is 0 Å². The van der Waals surface area contributed by atoms with Crippen LogP contribution in [0.1, 0.15) is 59.1 Å². The number of aryl methyl sites for hydroxylation is 2. The largest absolute Gasteiger partial charge is 4.00 e. The average molecular weight is 729 g/mol. The SMILES string of the molecule is Cc1ccc([C]([N]c2ccccc2)[N][C@@H]2CCCC[C@H]2[N][C]([N]c2ccccc2)c2ccc(C)cc2)cc1.[CH2-]c1ccccc1.[CH2-]c1ccccc1.[Ti+4]. The molecule has 0 aromatic heterocycles. The van der Waals surface area contributed by atoms with E-state index in [1.807, 2.05) is 121 Å². The molecule has 0 bridgehead atoms. The van der Waals surface area contributed by atoms with Gasteiger partial charge in [0, 0.05) is 12.1 Å². The van der Waals surface area contributed by atoms with E-state index < -0.39 is 0 Å². The van der Waals surface area contributed by atoms with Gasteiger partial charge in [0.05, 0.1) is 11.4 Å². The molecule has 53 heavy (non-hydrogen) atoms. The van der Waals surface area contributed by atoms with Crippen LogP contribution in [0.15, 0.2) is 170 Å².